The first-order valence-electron chi connectivity index (χ1n) is 4.84. The monoisotopic (exact) mass is 237 g/mol. The Balaban J connectivity index is 2.55. The van der Waals surface area contributed by atoms with Crippen LogP contribution in [-0.2, 0) is 0 Å². The highest BCUT2D eigenvalue weighted by Crippen LogP contribution is 2.37. The van der Waals surface area contributed by atoms with E-state index in [1.807, 2.05) is 11.9 Å². The van der Waals surface area contributed by atoms with Crippen LogP contribution in [0.1, 0.15) is 19.3 Å². The summed E-state index contributed by atoms with van der Waals surface area (Å²) in [5, 5.41) is 0. The number of halogens is 3. The minimum Gasteiger partial charge on any atom is -0.370 e. The normalized spacial score (nSPS) is 22.7. The van der Waals surface area contributed by atoms with E-state index >= 15 is 0 Å². The summed E-state index contributed by atoms with van der Waals surface area (Å²) in [6, 6.07) is 0. The van der Waals surface area contributed by atoms with Gasteiger partial charge in [-0.1, -0.05) is 20.6 Å². The number of allylic oxidation sites excluding steroid dienone is 2. The van der Waals surface area contributed by atoms with Gasteiger partial charge in [-0.25, -0.2) is 0 Å². The first-order valence-corrected chi connectivity index (χ1v) is 6.11. The summed E-state index contributed by atoms with van der Waals surface area (Å²) in [4.78, 5) is 1.99. The number of alkyl halides is 3. The Labute approximate surface area is 89.8 Å². The largest absolute Gasteiger partial charge is 0.392 e. The molecule has 0 bridgehead atoms. The van der Waals surface area contributed by atoms with E-state index in [1.165, 1.54) is 0 Å². The standard InChI is InChI=1S/C10H15F3NP/c1-14(7-15-2)9-5-3-8(4-6-9)10(11,12)13/h5,8H,2-4,6-7H2,1H3. The highest BCUT2D eigenvalue weighted by Gasteiger charge is 2.39. The molecule has 1 unspecified atom stereocenters. The third-order valence-corrected chi connectivity index (χ3v) is 3.28. The summed E-state index contributed by atoms with van der Waals surface area (Å²) >= 11 is 0. The molecule has 1 aliphatic carbocycles. The zero-order valence-electron chi connectivity index (χ0n) is 8.72. The Morgan fingerprint density at radius 1 is 1.60 bits per heavy atom. The van der Waals surface area contributed by atoms with Crippen LogP contribution in [0.3, 0.4) is 0 Å². The fourth-order valence-electron chi connectivity index (χ4n) is 1.71. The summed E-state index contributed by atoms with van der Waals surface area (Å²) in [5.74, 6) is -1.15. The van der Waals surface area contributed by atoms with Gasteiger partial charge >= 0.3 is 6.18 Å². The maximum atomic E-state index is 12.4. The fraction of sp³-hybridized carbons (Fsp3) is 0.700. The van der Waals surface area contributed by atoms with Gasteiger partial charge in [-0.15, -0.1) is 0 Å². The van der Waals surface area contributed by atoms with E-state index in [-0.39, 0.29) is 12.8 Å². The van der Waals surface area contributed by atoms with Crippen molar-refractivity contribution in [3.8, 4) is 0 Å². The van der Waals surface area contributed by atoms with Crippen molar-refractivity contribution in [3.63, 3.8) is 0 Å². The molecule has 5 heteroatoms. The maximum absolute atomic E-state index is 12.4. The zero-order chi connectivity index (χ0) is 11.5. The molecular weight excluding hydrogens is 222 g/mol. The van der Waals surface area contributed by atoms with Gasteiger partial charge in [0.25, 0.3) is 0 Å². The molecule has 0 aromatic carbocycles. The van der Waals surface area contributed by atoms with E-state index in [0.717, 1.165) is 20.2 Å². The lowest BCUT2D eigenvalue weighted by molar-refractivity contribution is -0.176. The molecule has 86 valence electrons. The highest BCUT2D eigenvalue weighted by molar-refractivity contribution is 7.36. The molecule has 0 aromatic rings. The van der Waals surface area contributed by atoms with Crippen molar-refractivity contribution in [3.05, 3.63) is 11.8 Å². The third-order valence-electron chi connectivity index (χ3n) is 2.65. The summed E-state index contributed by atoms with van der Waals surface area (Å²) in [7, 11) is 2.89. The van der Waals surface area contributed by atoms with Crippen LogP contribution in [0.5, 0.6) is 0 Å². The van der Waals surface area contributed by atoms with Gasteiger partial charge in [-0.05, 0) is 19.3 Å². The van der Waals surface area contributed by atoms with Crippen LogP contribution in [0.2, 0.25) is 0 Å². The highest BCUT2D eigenvalue weighted by atomic mass is 31.1. The summed E-state index contributed by atoms with van der Waals surface area (Å²) in [5.41, 5.74) is 1.02. The molecule has 0 saturated carbocycles. The summed E-state index contributed by atoms with van der Waals surface area (Å²) in [6.45, 7) is 0. The molecule has 1 rings (SSSR count). The minimum absolute atomic E-state index is 0.122. The van der Waals surface area contributed by atoms with Crippen LogP contribution in [0.25, 0.3) is 0 Å². The van der Waals surface area contributed by atoms with E-state index in [4.69, 9.17) is 0 Å². The lowest BCUT2D eigenvalue weighted by Gasteiger charge is -2.28. The molecule has 0 saturated heterocycles. The van der Waals surface area contributed by atoms with Crippen molar-refractivity contribution in [2.45, 2.75) is 25.4 Å². The van der Waals surface area contributed by atoms with Crippen molar-refractivity contribution in [1.82, 2.24) is 4.90 Å². The van der Waals surface area contributed by atoms with E-state index in [1.54, 1.807) is 6.08 Å². The first kappa shape index (κ1) is 12.6. The Kier molecular flexibility index (Phi) is 4.21. The van der Waals surface area contributed by atoms with Gasteiger partial charge in [0.2, 0.25) is 0 Å². The molecule has 0 N–H and O–H groups in total. The Morgan fingerprint density at radius 2 is 2.27 bits per heavy atom. The van der Waals surface area contributed by atoms with E-state index < -0.39 is 12.1 Å². The second kappa shape index (κ2) is 5.02. The second-order valence-corrected chi connectivity index (χ2v) is 4.50. The van der Waals surface area contributed by atoms with Gasteiger partial charge in [0.1, 0.15) is 0 Å². The van der Waals surface area contributed by atoms with Gasteiger partial charge < -0.3 is 4.90 Å². The second-order valence-electron chi connectivity index (χ2n) is 3.77. The van der Waals surface area contributed by atoms with Crippen molar-refractivity contribution >= 4 is 14.5 Å². The van der Waals surface area contributed by atoms with Crippen LogP contribution in [0.15, 0.2) is 11.8 Å². The molecule has 0 aliphatic heterocycles. The molecular formula is C10H15F3NP. The van der Waals surface area contributed by atoms with Crippen LogP contribution in [0, 0.1) is 5.92 Å². The average Bonchev–Trinajstić information content (AvgIpc) is 2.17. The number of hydrogen-bond donors (Lipinski definition) is 0. The van der Waals surface area contributed by atoms with Crippen LogP contribution in [0.4, 0.5) is 13.2 Å². The molecule has 1 atom stereocenters. The first-order chi connectivity index (χ1) is 6.95. The topological polar surface area (TPSA) is 3.24 Å². The van der Waals surface area contributed by atoms with Gasteiger partial charge in [0.15, 0.2) is 0 Å². The Morgan fingerprint density at radius 3 is 2.67 bits per heavy atom. The zero-order valence-corrected chi connectivity index (χ0v) is 9.61. The minimum atomic E-state index is -4.04. The molecule has 0 aromatic heterocycles. The molecule has 1 aliphatic rings. The molecule has 0 fully saturated rings. The van der Waals surface area contributed by atoms with Crippen LogP contribution < -0.4 is 0 Å². The third kappa shape index (κ3) is 3.53. The Hall–Kier alpha value is -0.500. The lowest BCUT2D eigenvalue weighted by atomic mass is 9.92. The lowest BCUT2D eigenvalue weighted by Crippen LogP contribution is -2.27. The molecule has 15 heavy (non-hydrogen) atoms. The van der Waals surface area contributed by atoms with Gasteiger partial charge in [-0.3, -0.25) is 0 Å². The van der Waals surface area contributed by atoms with Gasteiger partial charge in [0.05, 0.1) is 12.2 Å². The predicted molar refractivity (Wildman–Crippen MR) is 58.2 cm³/mol. The quantitative estimate of drug-likeness (QED) is 0.679. The summed E-state index contributed by atoms with van der Waals surface area (Å²) in [6.07, 6.45) is 3.02. The number of rotatable bonds is 3. The fourth-order valence-corrected chi connectivity index (χ4v) is 2.19. The van der Waals surface area contributed by atoms with Crippen molar-refractivity contribution < 1.29 is 13.2 Å². The van der Waals surface area contributed by atoms with Crippen molar-refractivity contribution in [2.24, 2.45) is 5.92 Å². The number of hydrogen-bond acceptors (Lipinski definition) is 1. The van der Waals surface area contributed by atoms with Crippen molar-refractivity contribution in [1.29, 1.82) is 0 Å². The maximum Gasteiger partial charge on any atom is 0.392 e. The molecule has 0 amide bonds. The number of nitrogens with zero attached hydrogens (tertiary/aromatic N) is 1. The Bertz CT molecular complexity index is 260. The van der Waals surface area contributed by atoms with E-state index in [2.05, 4.69) is 6.30 Å². The predicted octanol–water partition coefficient (Wildman–Crippen LogP) is 3.50. The molecule has 0 radical (unpaired) electrons. The van der Waals surface area contributed by atoms with Crippen LogP contribution >= 0.6 is 8.20 Å². The molecule has 0 heterocycles. The van der Waals surface area contributed by atoms with Gasteiger partial charge in [-0.2, -0.15) is 13.2 Å². The molecule has 0 spiro atoms. The smallest absolute Gasteiger partial charge is 0.370 e. The van der Waals surface area contributed by atoms with Gasteiger partial charge in [0, 0.05) is 12.7 Å². The average molecular weight is 237 g/mol. The van der Waals surface area contributed by atoms with Crippen molar-refractivity contribution in [2.75, 3.05) is 13.3 Å². The van der Waals surface area contributed by atoms with E-state index in [0.29, 0.717) is 6.42 Å². The SMILES string of the molecule is C=PCN(C)C1=CCC(C(F)(F)F)CC1. The van der Waals surface area contributed by atoms with Crippen LogP contribution in [-0.4, -0.2) is 30.7 Å². The summed E-state index contributed by atoms with van der Waals surface area (Å²) < 4.78 is 37.1. The van der Waals surface area contributed by atoms with E-state index in [9.17, 15) is 13.2 Å². The molecule has 1 nitrogen and oxygen atoms in total.